The average Bonchev–Trinajstić information content (AvgIpc) is 3.48. The van der Waals surface area contributed by atoms with Gasteiger partial charge in [-0.2, -0.15) is 0 Å². The first-order chi connectivity index (χ1) is 21.1. The maximum atomic E-state index is 13.4. The summed E-state index contributed by atoms with van der Waals surface area (Å²) in [5.74, 6) is -0.398. The van der Waals surface area contributed by atoms with Crippen LogP contribution in [0.1, 0.15) is 98.3 Å². The van der Waals surface area contributed by atoms with E-state index in [0.29, 0.717) is 32.1 Å². The van der Waals surface area contributed by atoms with E-state index in [2.05, 4.69) is 27.4 Å². The summed E-state index contributed by atoms with van der Waals surface area (Å²) in [6.45, 7) is 12.6. The maximum absolute atomic E-state index is 13.4. The molecule has 9 heteroatoms. The second-order valence-electron chi connectivity index (χ2n) is 15.4. The topological polar surface area (TPSA) is 102 Å². The van der Waals surface area contributed by atoms with Crippen molar-refractivity contribution in [1.29, 1.82) is 0 Å². The van der Waals surface area contributed by atoms with Crippen molar-refractivity contribution < 1.29 is 43.1 Å². The SMILES string of the molecule is C=C1C[C@H](CC[C@]23CC4OC5(O2)C2C(O[C@H]6CC[C@H](CC(=O)C[C@@H]7[C@@H](C)[C@@H](C[C@H](O)CC)O[C@H]7C)O[C@@H]6[C@@H]2O3)[C@H]45)O[C@H]1CC. The molecule has 0 aromatic heterocycles. The number of rotatable bonds is 11. The van der Waals surface area contributed by atoms with Gasteiger partial charge in [-0.05, 0) is 69.3 Å². The molecule has 9 fully saturated rings. The van der Waals surface area contributed by atoms with Gasteiger partial charge in [-0.25, -0.2) is 0 Å². The summed E-state index contributed by atoms with van der Waals surface area (Å²) < 4.78 is 46.1. The van der Waals surface area contributed by atoms with Gasteiger partial charge in [0.15, 0.2) is 11.6 Å². The number of aliphatic hydroxyl groups excluding tert-OH is 1. The number of carbonyl (C=O) groups is 1. The highest BCUT2D eigenvalue weighted by molar-refractivity contribution is 5.79. The van der Waals surface area contributed by atoms with Gasteiger partial charge >= 0.3 is 0 Å². The van der Waals surface area contributed by atoms with Crippen LogP contribution in [-0.2, 0) is 38.0 Å². The molecule has 1 saturated carbocycles. The van der Waals surface area contributed by atoms with E-state index in [1.165, 1.54) is 5.57 Å². The van der Waals surface area contributed by atoms with E-state index in [1.54, 1.807) is 0 Å². The van der Waals surface area contributed by atoms with E-state index in [4.69, 9.17) is 33.2 Å². The van der Waals surface area contributed by atoms with E-state index < -0.39 is 11.6 Å². The van der Waals surface area contributed by atoms with Gasteiger partial charge in [0.1, 0.15) is 18.0 Å². The number of hydrogen-bond acceptors (Lipinski definition) is 9. The van der Waals surface area contributed by atoms with Crippen molar-refractivity contribution in [2.24, 2.45) is 23.7 Å². The van der Waals surface area contributed by atoms with Gasteiger partial charge in [0.25, 0.3) is 0 Å². The zero-order valence-electron chi connectivity index (χ0n) is 26.9. The third-order valence-corrected chi connectivity index (χ3v) is 12.7. The predicted octanol–water partition coefficient (Wildman–Crippen LogP) is 4.61. The van der Waals surface area contributed by atoms with Crippen LogP contribution < -0.4 is 0 Å². The van der Waals surface area contributed by atoms with Crippen molar-refractivity contribution in [3.8, 4) is 0 Å². The zero-order chi connectivity index (χ0) is 30.5. The van der Waals surface area contributed by atoms with Crippen LogP contribution in [0.3, 0.4) is 0 Å². The summed E-state index contributed by atoms with van der Waals surface area (Å²) in [5.41, 5.74) is 1.19. The molecule has 0 aromatic carbocycles. The van der Waals surface area contributed by atoms with Crippen LogP contribution >= 0.6 is 0 Å². The van der Waals surface area contributed by atoms with E-state index in [9.17, 15) is 9.90 Å². The largest absolute Gasteiger partial charge is 0.393 e. The molecule has 8 aliphatic heterocycles. The standard InChI is InChI=1S/C35H52O9/c1-6-20(36)15-27-18(4)24(19(5)38-27)14-21(37)13-22-8-9-26-31(40-22)33-30-32(41-26)29-28-16-34(43-33,44-35(29,30)42-28)11-10-23-12-17(3)25(7-2)39-23/h18-20,22-33,36H,3,6-16H2,1-2,4-5H3/t18-,19+,20-,22-,23+,24-,25+,26+,27-,28?,29+,30?,31+,32?,33-,34-,35?/m1/s1. The molecule has 1 spiro atoms. The number of carbonyl (C=O) groups excluding carboxylic acids is 1. The molecule has 8 heterocycles. The van der Waals surface area contributed by atoms with Crippen LogP contribution in [-0.4, -0.2) is 89.6 Å². The van der Waals surface area contributed by atoms with Crippen LogP contribution in [0.25, 0.3) is 0 Å². The third kappa shape index (κ3) is 4.66. The average molecular weight is 617 g/mol. The molecular weight excluding hydrogens is 564 g/mol. The monoisotopic (exact) mass is 616 g/mol. The number of Topliss-reactive ketones (excluding diaryl/α,β-unsaturated/α-hetero) is 1. The highest BCUT2D eigenvalue weighted by atomic mass is 16.8. The molecule has 1 aliphatic carbocycles. The lowest BCUT2D eigenvalue weighted by molar-refractivity contribution is -0.620. The molecule has 44 heavy (non-hydrogen) atoms. The Bertz CT molecular complexity index is 1150. The van der Waals surface area contributed by atoms with Crippen molar-refractivity contribution in [2.45, 2.75) is 177 Å². The number of hydrogen-bond donors (Lipinski definition) is 1. The smallest absolute Gasteiger partial charge is 0.187 e. The molecule has 246 valence electrons. The molecule has 17 atom stereocenters. The fraction of sp³-hybridized carbons (Fsp3) is 0.914. The first kappa shape index (κ1) is 30.4. The molecule has 9 aliphatic rings. The van der Waals surface area contributed by atoms with Crippen molar-refractivity contribution >= 4 is 5.78 Å². The highest BCUT2D eigenvalue weighted by Gasteiger charge is 2.86. The Hall–Kier alpha value is -0.910. The third-order valence-electron chi connectivity index (χ3n) is 12.7. The Morgan fingerprint density at radius 1 is 0.977 bits per heavy atom. The second-order valence-corrected chi connectivity index (χ2v) is 15.4. The lowest BCUT2D eigenvalue weighted by Crippen LogP contribution is -2.93. The van der Waals surface area contributed by atoms with Crippen LogP contribution in [0.4, 0.5) is 0 Å². The fourth-order valence-corrected chi connectivity index (χ4v) is 10.4. The first-order valence-electron chi connectivity index (χ1n) is 17.7. The van der Waals surface area contributed by atoms with Gasteiger partial charge in [-0.15, -0.1) is 0 Å². The van der Waals surface area contributed by atoms with Crippen molar-refractivity contribution in [1.82, 2.24) is 0 Å². The molecule has 0 aromatic rings. The summed E-state index contributed by atoms with van der Waals surface area (Å²) in [5, 5.41) is 10.2. The Balaban J connectivity index is 0.917. The minimum atomic E-state index is -0.689. The van der Waals surface area contributed by atoms with E-state index in [1.807, 2.05) is 6.92 Å². The summed E-state index contributed by atoms with van der Waals surface area (Å²) in [6.07, 6.45) is 7.72. The minimum Gasteiger partial charge on any atom is -0.393 e. The van der Waals surface area contributed by atoms with Crippen molar-refractivity contribution in [3.63, 3.8) is 0 Å². The minimum absolute atomic E-state index is 0.000314. The Morgan fingerprint density at radius 2 is 1.82 bits per heavy atom. The molecular formula is C35H52O9. The summed E-state index contributed by atoms with van der Waals surface area (Å²) in [7, 11) is 0. The molecule has 0 amide bonds. The van der Waals surface area contributed by atoms with Gasteiger partial charge in [0, 0.05) is 25.7 Å². The Kier molecular flexibility index (Phi) is 7.66. The van der Waals surface area contributed by atoms with Gasteiger partial charge in [-0.3, -0.25) is 4.79 Å². The molecule has 9 nitrogen and oxygen atoms in total. The van der Waals surface area contributed by atoms with Crippen LogP contribution in [0.5, 0.6) is 0 Å². The number of fused-ring (bicyclic) bond motifs is 2. The van der Waals surface area contributed by atoms with Gasteiger partial charge in [0.05, 0.1) is 66.8 Å². The second kappa shape index (κ2) is 11.1. The molecule has 8 saturated heterocycles. The molecule has 1 N–H and O–H groups in total. The van der Waals surface area contributed by atoms with Gasteiger partial charge in [0.2, 0.25) is 0 Å². The molecule has 9 rings (SSSR count). The lowest BCUT2D eigenvalue weighted by atomic mass is 9.51. The van der Waals surface area contributed by atoms with E-state index in [-0.39, 0.29) is 96.6 Å². The first-order valence-corrected chi connectivity index (χ1v) is 17.7. The molecule has 0 radical (unpaired) electrons. The predicted molar refractivity (Wildman–Crippen MR) is 159 cm³/mol. The molecule has 3 bridgehead atoms. The van der Waals surface area contributed by atoms with Crippen molar-refractivity contribution in [3.05, 3.63) is 12.2 Å². The van der Waals surface area contributed by atoms with Crippen LogP contribution in [0, 0.1) is 23.7 Å². The number of ether oxygens (including phenoxy) is 7. The number of ketones is 1. The van der Waals surface area contributed by atoms with E-state index in [0.717, 1.165) is 38.5 Å². The maximum Gasteiger partial charge on any atom is 0.187 e. The van der Waals surface area contributed by atoms with Gasteiger partial charge in [-0.1, -0.05) is 27.4 Å². The zero-order valence-corrected chi connectivity index (χ0v) is 26.9. The number of aliphatic hydroxyl groups is 1. The van der Waals surface area contributed by atoms with Gasteiger partial charge < -0.3 is 38.3 Å². The van der Waals surface area contributed by atoms with Crippen LogP contribution in [0.15, 0.2) is 12.2 Å². The highest BCUT2D eigenvalue weighted by Crippen LogP contribution is 2.72. The Morgan fingerprint density at radius 3 is 2.59 bits per heavy atom. The summed E-state index contributed by atoms with van der Waals surface area (Å²) >= 11 is 0. The van der Waals surface area contributed by atoms with Crippen LogP contribution in [0.2, 0.25) is 0 Å². The Labute approximate surface area is 261 Å². The molecule has 4 unspecified atom stereocenters. The summed E-state index contributed by atoms with van der Waals surface area (Å²) in [6, 6.07) is 0. The quantitative estimate of drug-likeness (QED) is 0.334. The lowest BCUT2D eigenvalue weighted by Gasteiger charge is -2.80. The normalized spacial score (nSPS) is 53.9. The fourth-order valence-electron chi connectivity index (χ4n) is 10.4. The summed E-state index contributed by atoms with van der Waals surface area (Å²) in [4.78, 5) is 13.4. The van der Waals surface area contributed by atoms with Crippen molar-refractivity contribution in [2.75, 3.05) is 0 Å². The van der Waals surface area contributed by atoms with E-state index >= 15 is 0 Å².